The Balaban J connectivity index is 1.38. The van der Waals surface area contributed by atoms with Crippen LogP contribution in [0.4, 0.5) is 8.78 Å². The third kappa shape index (κ3) is 5.42. The molecule has 0 aromatic carbocycles. The molecule has 6 rings (SSSR count). The maximum absolute atomic E-state index is 13.6. The molecule has 1 saturated heterocycles. The fraction of sp³-hybridized carbons (Fsp3) is 0.370. The van der Waals surface area contributed by atoms with Gasteiger partial charge in [0.25, 0.3) is 17.9 Å². The Morgan fingerprint density at radius 2 is 2.00 bits per heavy atom. The molecule has 206 valence electrons. The van der Waals surface area contributed by atoms with Gasteiger partial charge in [0.05, 0.1) is 24.6 Å². The van der Waals surface area contributed by atoms with E-state index in [4.69, 9.17) is 4.74 Å². The lowest BCUT2D eigenvalue weighted by atomic mass is 10.00. The summed E-state index contributed by atoms with van der Waals surface area (Å²) in [5.74, 6) is 6.60. The van der Waals surface area contributed by atoms with Gasteiger partial charge in [-0.2, -0.15) is 9.78 Å². The van der Waals surface area contributed by atoms with E-state index in [1.54, 1.807) is 0 Å². The van der Waals surface area contributed by atoms with Crippen LogP contribution in [0.3, 0.4) is 0 Å². The minimum absolute atomic E-state index is 0.0950. The number of thioether (sulfide) groups is 1. The maximum Gasteiger partial charge on any atom is 0.280 e. The van der Waals surface area contributed by atoms with Gasteiger partial charge in [-0.1, -0.05) is 23.6 Å². The number of aryl methyl sites for hydroxylation is 2. The number of carbonyl (C=O) groups is 1. The summed E-state index contributed by atoms with van der Waals surface area (Å²) in [7, 11) is 1.38. The number of ether oxygens (including phenoxy) is 1. The van der Waals surface area contributed by atoms with Gasteiger partial charge in [-0.15, -0.1) is 0 Å². The van der Waals surface area contributed by atoms with Crippen LogP contribution in [0.1, 0.15) is 53.0 Å². The van der Waals surface area contributed by atoms with E-state index in [0.29, 0.717) is 5.92 Å². The summed E-state index contributed by atoms with van der Waals surface area (Å²) >= 11 is 1.39. The number of aromatic nitrogens is 4. The molecule has 3 aliphatic rings. The van der Waals surface area contributed by atoms with Crippen LogP contribution in [0.5, 0.6) is 5.75 Å². The standard InChI is InChI=1S/C27H25F2N7O3S/c1-39-21-13-30-20(25(28)29)10-17(21)16-11-22(36-24(37)9-15-3-2-4-19(15)35-36)31-12-18(16)26(38)32-27-34-33-23(40-27)8-7-14-5-6-14/h9-14,23,25,27,33-34H,2-6H2,1H3,(H,32,38). The fourth-order valence-corrected chi connectivity index (χ4v) is 5.45. The molecule has 4 heterocycles. The molecule has 3 aromatic rings. The minimum Gasteiger partial charge on any atom is -0.494 e. The predicted octanol–water partition coefficient (Wildman–Crippen LogP) is 2.72. The molecule has 0 bridgehead atoms. The van der Waals surface area contributed by atoms with Crippen LogP contribution in [-0.4, -0.2) is 43.6 Å². The Hall–Kier alpha value is -3.86. The van der Waals surface area contributed by atoms with E-state index in [0.717, 1.165) is 43.4 Å². The van der Waals surface area contributed by atoms with Gasteiger partial charge in [0.1, 0.15) is 22.3 Å². The number of hydrazine groups is 1. The van der Waals surface area contributed by atoms with Crippen LogP contribution in [0.25, 0.3) is 16.9 Å². The normalized spacial score (nSPS) is 19.7. The lowest BCUT2D eigenvalue weighted by Crippen LogP contribution is -2.43. The van der Waals surface area contributed by atoms with Crippen LogP contribution in [0.15, 0.2) is 35.4 Å². The topological polar surface area (TPSA) is 123 Å². The molecule has 2 atom stereocenters. The van der Waals surface area contributed by atoms with Crippen molar-refractivity contribution >= 4 is 17.7 Å². The average Bonchev–Trinajstić information content (AvgIpc) is 3.50. The molecule has 1 aliphatic heterocycles. The first-order valence-electron chi connectivity index (χ1n) is 12.8. The number of hydrogen-bond donors (Lipinski definition) is 3. The molecule has 3 aromatic heterocycles. The largest absolute Gasteiger partial charge is 0.494 e. The van der Waals surface area contributed by atoms with Crippen molar-refractivity contribution in [3.63, 3.8) is 0 Å². The van der Waals surface area contributed by atoms with Gasteiger partial charge in [0, 0.05) is 29.3 Å². The summed E-state index contributed by atoms with van der Waals surface area (Å²) in [4.78, 5) is 34.5. The summed E-state index contributed by atoms with van der Waals surface area (Å²) < 4.78 is 33.8. The van der Waals surface area contributed by atoms with Crippen LogP contribution >= 0.6 is 11.8 Å². The molecule has 1 saturated carbocycles. The minimum atomic E-state index is -2.84. The molecule has 10 nitrogen and oxygen atoms in total. The quantitative estimate of drug-likeness (QED) is 0.387. The van der Waals surface area contributed by atoms with E-state index in [1.165, 1.54) is 54.1 Å². The number of nitrogens with one attached hydrogen (secondary N) is 3. The molecule has 13 heteroatoms. The molecular formula is C27H25F2N7O3S. The van der Waals surface area contributed by atoms with Crippen LogP contribution in [0.2, 0.25) is 0 Å². The predicted molar refractivity (Wildman–Crippen MR) is 144 cm³/mol. The molecule has 2 unspecified atom stereocenters. The average molecular weight is 566 g/mol. The number of fused-ring (bicyclic) bond motifs is 1. The fourth-order valence-electron chi connectivity index (χ4n) is 4.59. The first kappa shape index (κ1) is 26.4. The number of pyridine rings is 2. The van der Waals surface area contributed by atoms with Gasteiger partial charge in [-0.05, 0) is 49.8 Å². The van der Waals surface area contributed by atoms with Crippen molar-refractivity contribution in [1.82, 2.24) is 35.9 Å². The molecule has 40 heavy (non-hydrogen) atoms. The smallest absolute Gasteiger partial charge is 0.280 e. The van der Waals surface area contributed by atoms with Gasteiger partial charge in [-0.3, -0.25) is 14.6 Å². The SMILES string of the molecule is COc1cnc(C(F)F)cc1-c1cc(-n2nc3c(cc2=O)CCC3)ncc1C(=O)NC1NNC(C#CC2CC2)S1. The lowest BCUT2D eigenvalue weighted by Gasteiger charge is -2.17. The maximum atomic E-state index is 13.6. The van der Waals surface area contributed by atoms with E-state index in [1.807, 2.05) is 0 Å². The highest BCUT2D eigenvalue weighted by Crippen LogP contribution is 2.35. The molecule has 2 aliphatic carbocycles. The van der Waals surface area contributed by atoms with E-state index in [9.17, 15) is 18.4 Å². The second-order valence-corrected chi connectivity index (χ2v) is 10.9. The van der Waals surface area contributed by atoms with Gasteiger partial charge >= 0.3 is 0 Å². The Kier molecular flexibility index (Phi) is 7.22. The first-order valence-corrected chi connectivity index (χ1v) is 13.8. The number of nitrogens with zero attached hydrogens (tertiary/aromatic N) is 4. The summed E-state index contributed by atoms with van der Waals surface area (Å²) in [6.45, 7) is 0. The Labute approximate surface area is 232 Å². The molecular weight excluding hydrogens is 540 g/mol. The highest BCUT2D eigenvalue weighted by molar-refractivity contribution is 8.00. The van der Waals surface area contributed by atoms with Crippen molar-refractivity contribution in [3.8, 4) is 34.5 Å². The molecule has 3 N–H and O–H groups in total. The third-order valence-corrected chi connectivity index (χ3v) is 7.82. The van der Waals surface area contributed by atoms with Gasteiger partial charge < -0.3 is 10.1 Å². The summed E-state index contributed by atoms with van der Waals surface area (Å²) in [6, 6.07) is 4.19. The van der Waals surface area contributed by atoms with Crippen molar-refractivity contribution in [1.29, 1.82) is 0 Å². The zero-order chi connectivity index (χ0) is 27.8. The number of amides is 1. The summed E-state index contributed by atoms with van der Waals surface area (Å²) in [5.41, 5.74) is 6.92. The Morgan fingerprint density at radius 1 is 1.15 bits per heavy atom. The van der Waals surface area contributed by atoms with Crippen molar-refractivity contribution in [2.24, 2.45) is 5.92 Å². The zero-order valence-corrected chi connectivity index (χ0v) is 22.2. The number of carbonyl (C=O) groups excluding carboxylic acids is 1. The molecule has 1 amide bonds. The highest BCUT2D eigenvalue weighted by atomic mass is 32.2. The molecule has 2 fully saturated rings. The molecule has 0 spiro atoms. The van der Waals surface area contributed by atoms with E-state index < -0.39 is 23.5 Å². The zero-order valence-electron chi connectivity index (χ0n) is 21.4. The van der Waals surface area contributed by atoms with Gasteiger partial charge in [-0.25, -0.2) is 24.6 Å². The van der Waals surface area contributed by atoms with Crippen molar-refractivity contribution < 1.29 is 18.3 Å². The van der Waals surface area contributed by atoms with Crippen molar-refractivity contribution in [2.45, 2.75) is 49.4 Å². The lowest BCUT2D eigenvalue weighted by molar-refractivity contribution is 0.0945. The summed E-state index contributed by atoms with van der Waals surface area (Å²) in [5, 5.41) is 7.16. The molecule has 0 radical (unpaired) electrons. The van der Waals surface area contributed by atoms with Gasteiger partial charge in [0.2, 0.25) is 0 Å². The van der Waals surface area contributed by atoms with Crippen molar-refractivity contribution in [3.05, 3.63) is 63.5 Å². The van der Waals surface area contributed by atoms with Crippen molar-refractivity contribution in [2.75, 3.05) is 7.11 Å². The van der Waals surface area contributed by atoms with E-state index in [2.05, 4.69) is 43.1 Å². The first-order chi connectivity index (χ1) is 19.4. The van der Waals surface area contributed by atoms with E-state index >= 15 is 0 Å². The number of hydrogen-bond acceptors (Lipinski definition) is 9. The summed E-state index contributed by atoms with van der Waals surface area (Å²) in [6.07, 6.45) is 4.30. The number of methoxy groups -OCH3 is 1. The van der Waals surface area contributed by atoms with E-state index in [-0.39, 0.29) is 39.2 Å². The number of alkyl halides is 2. The van der Waals surface area contributed by atoms with Gasteiger partial charge in [0.15, 0.2) is 5.82 Å². The third-order valence-electron chi connectivity index (χ3n) is 6.81. The Morgan fingerprint density at radius 3 is 2.77 bits per heavy atom. The second kappa shape index (κ2) is 11.0. The Bertz CT molecular complexity index is 1600. The number of rotatable bonds is 6. The number of halogens is 2. The monoisotopic (exact) mass is 565 g/mol. The highest BCUT2D eigenvalue weighted by Gasteiger charge is 2.28. The van der Waals surface area contributed by atoms with Crippen LogP contribution < -0.4 is 26.5 Å². The second-order valence-electron chi connectivity index (χ2n) is 9.64. The van der Waals surface area contributed by atoms with Crippen LogP contribution in [-0.2, 0) is 12.8 Å². The van der Waals surface area contributed by atoms with Crippen LogP contribution in [0, 0.1) is 17.8 Å².